The van der Waals surface area contributed by atoms with Crippen LogP contribution in [0.5, 0.6) is 0 Å². The van der Waals surface area contributed by atoms with Gasteiger partial charge in [0.25, 0.3) is 0 Å². The average molecular weight is 196 g/mol. The molecule has 4 nitrogen and oxygen atoms in total. The van der Waals surface area contributed by atoms with Gasteiger partial charge in [-0.05, 0) is 25.2 Å². The van der Waals surface area contributed by atoms with Gasteiger partial charge in [0.1, 0.15) is 6.10 Å². The third-order valence-electron chi connectivity index (χ3n) is 2.50. The second kappa shape index (κ2) is 4.09. The third-order valence-corrected chi connectivity index (χ3v) is 2.50. The molecule has 78 valence electrons. The fraction of sp³-hybridized carbons (Fsp3) is 0.800. The number of hydrogen-bond donors (Lipinski definition) is 1. The number of aromatic nitrogens is 2. The lowest BCUT2D eigenvalue weighted by molar-refractivity contribution is 0.152. The molecular weight excluding hydrogens is 180 g/mol. The second-order valence-electron chi connectivity index (χ2n) is 4.00. The van der Waals surface area contributed by atoms with Crippen molar-refractivity contribution in [3.05, 3.63) is 11.7 Å². The van der Waals surface area contributed by atoms with E-state index < -0.39 is 6.10 Å². The molecule has 1 saturated carbocycles. The van der Waals surface area contributed by atoms with E-state index in [1.54, 1.807) is 0 Å². The van der Waals surface area contributed by atoms with Crippen molar-refractivity contribution < 1.29 is 9.63 Å². The Bertz CT molecular complexity index is 294. The lowest BCUT2D eigenvalue weighted by Crippen LogP contribution is -1.99. The topological polar surface area (TPSA) is 59.2 Å². The summed E-state index contributed by atoms with van der Waals surface area (Å²) in [5, 5.41) is 13.4. The van der Waals surface area contributed by atoms with E-state index in [4.69, 9.17) is 4.52 Å². The summed E-state index contributed by atoms with van der Waals surface area (Å²) in [5.41, 5.74) is 0. The lowest BCUT2D eigenvalue weighted by Gasteiger charge is -2.01. The molecule has 1 aliphatic carbocycles. The first-order chi connectivity index (χ1) is 6.79. The summed E-state index contributed by atoms with van der Waals surface area (Å²) in [5.74, 6) is 1.87. The molecule has 1 heterocycles. The number of aliphatic hydroxyl groups excluding tert-OH is 1. The van der Waals surface area contributed by atoms with Crippen LogP contribution < -0.4 is 0 Å². The summed E-state index contributed by atoms with van der Waals surface area (Å²) in [6.45, 7) is 2.02. The zero-order valence-electron chi connectivity index (χ0n) is 8.44. The summed E-state index contributed by atoms with van der Waals surface area (Å²) < 4.78 is 5.06. The van der Waals surface area contributed by atoms with Crippen molar-refractivity contribution in [3.63, 3.8) is 0 Å². The molecular formula is C10H16N2O2. The van der Waals surface area contributed by atoms with Crippen molar-refractivity contribution >= 4 is 0 Å². The molecule has 0 bridgehead atoms. The zero-order valence-corrected chi connectivity index (χ0v) is 8.44. The van der Waals surface area contributed by atoms with Gasteiger partial charge in [0.05, 0.1) is 0 Å². The van der Waals surface area contributed by atoms with E-state index in [-0.39, 0.29) is 0 Å². The van der Waals surface area contributed by atoms with E-state index in [2.05, 4.69) is 10.1 Å². The minimum atomic E-state index is -0.559. The molecule has 1 atom stereocenters. The summed E-state index contributed by atoms with van der Waals surface area (Å²) in [6.07, 6.45) is 4.49. The number of nitrogens with zero attached hydrogens (tertiary/aromatic N) is 2. The quantitative estimate of drug-likeness (QED) is 0.780. The predicted molar refractivity (Wildman–Crippen MR) is 50.6 cm³/mol. The highest BCUT2D eigenvalue weighted by Crippen LogP contribution is 2.32. The van der Waals surface area contributed by atoms with Crippen LogP contribution >= 0.6 is 0 Å². The summed E-state index contributed by atoms with van der Waals surface area (Å²) in [6, 6.07) is 0. The van der Waals surface area contributed by atoms with Gasteiger partial charge in [0.15, 0.2) is 5.82 Å². The highest BCUT2D eigenvalue weighted by atomic mass is 16.5. The highest BCUT2D eigenvalue weighted by Gasteiger charge is 2.25. The number of rotatable bonds is 5. The molecule has 0 spiro atoms. The van der Waals surface area contributed by atoms with Crippen LogP contribution in [-0.4, -0.2) is 15.2 Å². The Kier molecular flexibility index (Phi) is 2.82. The minimum Gasteiger partial charge on any atom is -0.385 e. The van der Waals surface area contributed by atoms with Crippen LogP contribution in [0.2, 0.25) is 0 Å². The van der Waals surface area contributed by atoms with E-state index in [9.17, 15) is 5.11 Å². The molecule has 1 fully saturated rings. The molecule has 1 aromatic rings. The van der Waals surface area contributed by atoms with Crippen LogP contribution in [-0.2, 0) is 6.42 Å². The zero-order chi connectivity index (χ0) is 9.97. The van der Waals surface area contributed by atoms with Crippen molar-refractivity contribution in [1.29, 1.82) is 0 Å². The van der Waals surface area contributed by atoms with Gasteiger partial charge in [-0.25, -0.2) is 0 Å². The average Bonchev–Trinajstić information content (AvgIpc) is 2.82. The van der Waals surface area contributed by atoms with Crippen molar-refractivity contribution in [2.45, 2.75) is 45.1 Å². The van der Waals surface area contributed by atoms with E-state index in [1.165, 1.54) is 12.8 Å². The number of aliphatic hydroxyl groups is 1. The maximum Gasteiger partial charge on any atom is 0.227 e. The van der Waals surface area contributed by atoms with Crippen LogP contribution in [0.25, 0.3) is 0 Å². The molecule has 1 aromatic heterocycles. The molecule has 1 N–H and O–H groups in total. The predicted octanol–water partition coefficient (Wildman–Crippen LogP) is 1.86. The van der Waals surface area contributed by atoms with Crippen LogP contribution in [0.15, 0.2) is 4.52 Å². The van der Waals surface area contributed by atoms with Gasteiger partial charge in [-0.2, -0.15) is 4.98 Å². The normalized spacial score (nSPS) is 18.4. The lowest BCUT2D eigenvalue weighted by atomic mass is 10.2. The molecule has 0 amide bonds. The van der Waals surface area contributed by atoms with Gasteiger partial charge in [-0.15, -0.1) is 0 Å². The van der Waals surface area contributed by atoms with Crippen LogP contribution in [0.1, 0.15) is 50.4 Å². The van der Waals surface area contributed by atoms with Gasteiger partial charge < -0.3 is 9.63 Å². The van der Waals surface area contributed by atoms with Gasteiger partial charge >= 0.3 is 0 Å². The molecule has 0 radical (unpaired) electrons. The van der Waals surface area contributed by atoms with Gasteiger partial charge in [-0.3, -0.25) is 0 Å². The standard InChI is InChI=1S/C10H16N2O2/c1-2-3-8(13)10-11-9(14-12-10)6-7-4-5-7/h7-8,13H,2-6H2,1H3. The summed E-state index contributed by atoms with van der Waals surface area (Å²) in [4.78, 5) is 4.18. The SMILES string of the molecule is CCCC(O)c1noc(CC2CC2)n1. The van der Waals surface area contributed by atoms with E-state index in [0.29, 0.717) is 18.1 Å². The fourth-order valence-electron chi connectivity index (χ4n) is 1.46. The first-order valence-electron chi connectivity index (χ1n) is 5.30. The van der Waals surface area contributed by atoms with Crippen molar-refractivity contribution in [3.8, 4) is 0 Å². The Labute approximate surface area is 83.3 Å². The monoisotopic (exact) mass is 196 g/mol. The molecule has 0 saturated heterocycles. The Balaban J connectivity index is 1.93. The van der Waals surface area contributed by atoms with Crippen LogP contribution in [0.4, 0.5) is 0 Å². The Morgan fingerprint density at radius 3 is 3.00 bits per heavy atom. The molecule has 1 unspecified atom stereocenters. The maximum atomic E-state index is 9.60. The van der Waals surface area contributed by atoms with Crippen LogP contribution in [0, 0.1) is 5.92 Å². The van der Waals surface area contributed by atoms with E-state index in [1.807, 2.05) is 6.92 Å². The molecule has 0 aromatic carbocycles. The van der Waals surface area contributed by atoms with Gasteiger partial charge in [-0.1, -0.05) is 18.5 Å². The molecule has 0 aliphatic heterocycles. The highest BCUT2D eigenvalue weighted by molar-refractivity contribution is 4.93. The minimum absolute atomic E-state index is 0.447. The largest absolute Gasteiger partial charge is 0.385 e. The molecule has 4 heteroatoms. The number of hydrogen-bond acceptors (Lipinski definition) is 4. The smallest absolute Gasteiger partial charge is 0.227 e. The van der Waals surface area contributed by atoms with E-state index in [0.717, 1.165) is 18.8 Å². The summed E-state index contributed by atoms with van der Waals surface area (Å²) in [7, 11) is 0. The molecule has 2 rings (SSSR count). The first-order valence-corrected chi connectivity index (χ1v) is 5.30. The summed E-state index contributed by atoms with van der Waals surface area (Å²) >= 11 is 0. The van der Waals surface area contributed by atoms with E-state index >= 15 is 0 Å². The Hall–Kier alpha value is -0.900. The van der Waals surface area contributed by atoms with Crippen molar-refractivity contribution in [2.24, 2.45) is 5.92 Å². The van der Waals surface area contributed by atoms with Crippen molar-refractivity contribution in [2.75, 3.05) is 0 Å². The maximum absolute atomic E-state index is 9.60. The molecule has 14 heavy (non-hydrogen) atoms. The Morgan fingerprint density at radius 2 is 2.36 bits per heavy atom. The van der Waals surface area contributed by atoms with Crippen LogP contribution in [0.3, 0.4) is 0 Å². The fourth-order valence-corrected chi connectivity index (χ4v) is 1.46. The first kappa shape index (κ1) is 9.65. The third kappa shape index (κ3) is 2.32. The van der Waals surface area contributed by atoms with Gasteiger partial charge in [0, 0.05) is 6.42 Å². The van der Waals surface area contributed by atoms with Crippen molar-refractivity contribution in [1.82, 2.24) is 10.1 Å². The van der Waals surface area contributed by atoms with Gasteiger partial charge in [0.2, 0.25) is 5.89 Å². The second-order valence-corrected chi connectivity index (χ2v) is 4.00. The Morgan fingerprint density at radius 1 is 1.57 bits per heavy atom. The molecule has 1 aliphatic rings.